The van der Waals surface area contributed by atoms with Gasteiger partial charge in [0, 0.05) is 11.8 Å². The van der Waals surface area contributed by atoms with Crippen LogP contribution in [0.2, 0.25) is 0 Å². The van der Waals surface area contributed by atoms with E-state index in [1.54, 1.807) is 0 Å². The second-order valence-corrected chi connectivity index (χ2v) is 4.15. The molecule has 0 saturated carbocycles. The summed E-state index contributed by atoms with van der Waals surface area (Å²) in [6.45, 7) is 2.02. The number of nitrogen functional groups attached to an aromatic ring is 1. The average Bonchev–Trinajstić information content (AvgIpc) is 2.28. The number of hydrogen-bond donors (Lipinski definition) is 3. The topological polar surface area (TPSA) is 81.1 Å². The first-order chi connectivity index (χ1) is 8.10. The molecule has 0 bridgehead atoms. The number of carbonyl (C=O) groups excluding carboxylic acids is 1. The number of nitrogens with one attached hydrogen (secondary N) is 1. The van der Waals surface area contributed by atoms with Gasteiger partial charge in [0.1, 0.15) is 0 Å². The summed E-state index contributed by atoms with van der Waals surface area (Å²) in [7, 11) is 0. The highest BCUT2D eigenvalue weighted by Crippen LogP contribution is 2.29. The standard InChI is InChI=1S/C13H15N3O/c1-8-4-9(6-13(17)16-15)5-10-7-11(14)2-3-12(8)10/h2-4,6-7H,5,14-15H2,1H3,(H,16,17). The first-order valence-electron chi connectivity index (χ1n) is 5.38. The zero-order valence-electron chi connectivity index (χ0n) is 9.66. The van der Waals surface area contributed by atoms with Gasteiger partial charge in [-0.1, -0.05) is 12.1 Å². The van der Waals surface area contributed by atoms with Crippen molar-refractivity contribution >= 4 is 17.2 Å². The second-order valence-electron chi connectivity index (χ2n) is 4.15. The summed E-state index contributed by atoms with van der Waals surface area (Å²) in [5.74, 6) is 4.76. The Morgan fingerprint density at radius 3 is 2.94 bits per heavy atom. The minimum absolute atomic E-state index is 0.295. The number of benzene rings is 1. The number of fused-ring (bicyclic) bond motifs is 1. The van der Waals surface area contributed by atoms with Crippen molar-refractivity contribution in [1.82, 2.24) is 5.43 Å². The number of amides is 1. The summed E-state index contributed by atoms with van der Waals surface area (Å²) in [5, 5.41) is 0. The maximum Gasteiger partial charge on any atom is 0.258 e. The predicted molar refractivity (Wildman–Crippen MR) is 68.6 cm³/mol. The maximum atomic E-state index is 11.2. The van der Waals surface area contributed by atoms with Crippen molar-refractivity contribution in [2.24, 2.45) is 5.84 Å². The minimum atomic E-state index is -0.295. The van der Waals surface area contributed by atoms with Gasteiger partial charge in [0.05, 0.1) is 0 Å². The van der Waals surface area contributed by atoms with Crippen LogP contribution in [0, 0.1) is 0 Å². The Morgan fingerprint density at radius 2 is 2.24 bits per heavy atom. The largest absolute Gasteiger partial charge is 0.399 e. The second kappa shape index (κ2) is 4.43. The van der Waals surface area contributed by atoms with Crippen LogP contribution in [-0.4, -0.2) is 5.91 Å². The molecule has 4 heteroatoms. The first-order valence-corrected chi connectivity index (χ1v) is 5.38. The van der Waals surface area contributed by atoms with E-state index in [1.165, 1.54) is 11.6 Å². The molecule has 5 N–H and O–H groups in total. The van der Waals surface area contributed by atoms with Crippen LogP contribution in [0.25, 0.3) is 5.57 Å². The van der Waals surface area contributed by atoms with Crippen molar-refractivity contribution in [3.8, 4) is 0 Å². The van der Waals surface area contributed by atoms with E-state index in [9.17, 15) is 4.79 Å². The molecule has 0 aromatic heterocycles. The van der Waals surface area contributed by atoms with Gasteiger partial charge in [0.15, 0.2) is 0 Å². The lowest BCUT2D eigenvalue weighted by atomic mass is 9.88. The predicted octanol–water partition coefficient (Wildman–Crippen LogP) is 1.14. The van der Waals surface area contributed by atoms with Gasteiger partial charge >= 0.3 is 0 Å². The molecule has 0 heterocycles. The van der Waals surface area contributed by atoms with E-state index in [-0.39, 0.29) is 5.91 Å². The molecule has 1 aromatic rings. The van der Waals surface area contributed by atoms with Crippen molar-refractivity contribution < 1.29 is 4.79 Å². The highest BCUT2D eigenvalue weighted by molar-refractivity contribution is 5.89. The zero-order chi connectivity index (χ0) is 12.4. The lowest BCUT2D eigenvalue weighted by molar-refractivity contribution is -0.116. The molecular weight excluding hydrogens is 214 g/mol. The number of nitrogens with two attached hydrogens (primary N) is 2. The Labute approximate surface area is 100.0 Å². The molecule has 1 amide bonds. The van der Waals surface area contributed by atoms with Crippen molar-refractivity contribution in [3.05, 3.63) is 47.1 Å². The molecule has 1 aliphatic carbocycles. The normalized spacial score (nSPS) is 16.4. The van der Waals surface area contributed by atoms with E-state index in [0.717, 1.165) is 22.4 Å². The monoisotopic (exact) mass is 229 g/mol. The molecular formula is C13H15N3O. The van der Waals surface area contributed by atoms with Crippen molar-refractivity contribution in [2.45, 2.75) is 13.3 Å². The van der Waals surface area contributed by atoms with Gasteiger partial charge in [-0.3, -0.25) is 10.2 Å². The molecule has 0 saturated heterocycles. The number of hydrogen-bond acceptors (Lipinski definition) is 3. The lowest BCUT2D eigenvalue weighted by Gasteiger charge is -2.17. The summed E-state index contributed by atoms with van der Waals surface area (Å²) in [6.07, 6.45) is 4.20. The Morgan fingerprint density at radius 1 is 1.47 bits per heavy atom. The van der Waals surface area contributed by atoms with Crippen LogP contribution in [0.1, 0.15) is 18.1 Å². The third-order valence-corrected chi connectivity index (χ3v) is 2.81. The third-order valence-electron chi connectivity index (χ3n) is 2.81. The maximum absolute atomic E-state index is 11.2. The zero-order valence-corrected chi connectivity index (χ0v) is 9.66. The summed E-state index contributed by atoms with van der Waals surface area (Å²) >= 11 is 0. The summed E-state index contributed by atoms with van der Waals surface area (Å²) < 4.78 is 0. The fourth-order valence-corrected chi connectivity index (χ4v) is 2.07. The van der Waals surface area contributed by atoms with E-state index in [4.69, 9.17) is 11.6 Å². The van der Waals surface area contributed by atoms with Gasteiger partial charge in [-0.2, -0.15) is 0 Å². The van der Waals surface area contributed by atoms with Crippen LogP contribution < -0.4 is 17.0 Å². The van der Waals surface area contributed by atoms with Crippen LogP contribution in [0.15, 0.2) is 35.9 Å². The fraction of sp³-hybridized carbons (Fsp3) is 0.154. The minimum Gasteiger partial charge on any atom is -0.399 e. The van der Waals surface area contributed by atoms with Gasteiger partial charge in [-0.25, -0.2) is 5.84 Å². The molecule has 0 atom stereocenters. The Balaban J connectivity index is 2.40. The fourth-order valence-electron chi connectivity index (χ4n) is 2.07. The Hall–Kier alpha value is -2.07. The molecule has 0 unspecified atom stereocenters. The molecule has 0 spiro atoms. The van der Waals surface area contributed by atoms with Crippen molar-refractivity contribution in [2.75, 3.05) is 5.73 Å². The van der Waals surface area contributed by atoms with Crippen LogP contribution >= 0.6 is 0 Å². The Bertz CT molecular complexity index is 529. The van der Waals surface area contributed by atoms with Crippen LogP contribution in [0.5, 0.6) is 0 Å². The summed E-state index contributed by atoms with van der Waals surface area (Å²) in [6, 6.07) is 5.84. The van der Waals surface area contributed by atoms with E-state index in [0.29, 0.717) is 6.42 Å². The number of anilines is 1. The molecule has 88 valence electrons. The SMILES string of the molecule is CC1=CC(=CC(=O)NN)Cc2cc(N)ccc21. The van der Waals surface area contributed by atoms with Crippen molar-refractivity contribution in [3.63, 3.8) is 0 Å². The van der Waals surface area contributed by atoms with Crippen molar-refractivity contribution in [1.29, 1.82) is 0 Å². The van der Waals surface area contributed by atoms with Gasteiger partial charge in [0.25, 0.3) is 5.91 Å². The molecule has 17 heavy (non-hydrogen) atoms. The van der Waals surface area contributed by atoms with Gasteiger partial charge in [-0.05, 0) is 47.8 Å². The van der Waals surface area contributed by atoms with Crippen LogP contribution in [0.4, 0.5) is 5.69 Å². The summed E-state index contributed by atoms with van der Waals surface area (Å²) in [5.41, 5.74) is 13.0. The smallest absolute Gasteiger partial charge is 0.258 e. The van der Waals surface area contributed by atoms with Gasteiger partial charge in [-0.15, -0.1) is 0 Å². The molecule has 1 aromatic carbocycles. The molecule has 0 fully saturated rings. The summed E-state index contributed by atoms with van der Waals surface area (Å²) in [4.78, 5) is 11.2. The first kappa shape index (κ1) is 11.4. The molecule has 4 nitrogen and oxygen atoms in total. The number of carbonyl (C=O) groups is 1. The number of rotatable bonds is 1. The third kappa shape index (κ3) is 2.37. The number of allylic oxidation sites excluding steroid dienone is 3. The molecule has 0 aliphatic heterocycles. The van der Waals surface area contributed by atoms with Crippen LogP contribution in [0.3, 0.4) is 0 Å². The highest BCUT2D eigenvalue weighted by atomic mass is 16.2. The number of hydrazine groups is 1. The molecule has 2 rings (SSSR count). The Kier molecular flexibility index (Phi) is 2.97. The average molecular weight is 229 g/mol. The van der Waals surface area contributed by atoms with E-state index < -0.39 is 0 Å². The van der Waals surface area contributed by atoms with E-state index in [1.807, 2.05) is 31.2 Å². The van der Waals surface area contributed by atoms with Crippen LogP contribution in [-0.2, 0) is 11.2 Å². The highest BCUT2D eigenvalue weighted by Gasteiger charge is 2.13. The lowest BCUT2D eigenvalue weighted by Crippen LogP contribution is -2.28. The molecule has 0 radical (unpaired) electrons. The van der Waals surface area contributed by atoms with E-state index in [2.05, 4.69) is 5.43 Å². The quantitative estimate of drug-likeness (QED) is 0.222. The molecule has 1 aliphatic rings. The van der Waals surface area contributed by atoms with Gasteiger partial charge in [0.2, 0.25) is 0 Å². The van der Waals surface area contributed by atoms with E-state index >= 15 is 0 Å². The van der Waals surface area contributed by atoms with Gasteiger partial charge < -0.3 is 5.73 Å².